The molecule has 3 saturated carbocycles. The average Bonchev–Trinajstić information content (AvgIpc) is 4.19. The number of para-hydroxylation sites is 3. The van der Waals surface area contributed by atoms with E-state index in [0.29, 0.717) is 78.7 Å². The van der Waals surface area contributed by atoms with Crippen LogP contribution in [0.25, 0.3) is 30.6 Å². The van der Waals surface area contributed by atoms with Crippen LogP contribution in [0.15, 0.2) is 87.8 Å². The Balaban J connectivity index is 0.000000191. The first-order chi connectivity index (χ1) is 40.5. The topological polar surface area (TPSA) is 377 Å². The first kappa shape index (κ1) is 65.7. The molecule has 0 unspecified atom stereocenters. The number of fused-ring (bicyclic) bond motifs is 3. The fourth-order valence-electron chi connectivity index (χ4n) is 9.91. The summed E-state index contributed by atoms with van der Waals surface area (Å²) in [6, 6.07) is 21.3. The molecule has 3 aromatic carbocycles. The Hall–Kier alpha value is -7.48. The van der Waals surface area contributed by atoms with Crippen molar-refractivity contribution in [3.63, 3.8) is 0 Å². The lowest BCUT2D eigenvalue weighted by Crippen LogP contribution is -2.44. The van der Waals surface area contributed by atoms with Gasteiger partial charge < -0.3 is 55.0 Å². The van der Waals surface area contributed by atoms with Crippen LogP contribution in [0.4, 0.5) is 0 Å². The second-order valence-electron chi connectivity index (χ2n) is 20.9. The number of nitrogens with zero attached hydrogens (tertiary/aromatic N) is 6. The number of Topliss-reactive ketones (excluding diaryl/α,β-unsaturated/α-hetero) is 3. The molecule has 0 aliphatic heterocycles. The number of guanidine groups is 3. The summed E-state index contributed by atoms with van der Waals surface area (Å²) in [7, 11) is 3.23. The van der Waals surface area contributed by atoms with Crippen LogP contribution in [0.1, 0.15) is 145 Å². The van der Waals surface area contributed by atoms with Crippen molar-refractivity contribution in [1.29, 1.82) is 0 Å². The Morgan fingerprint density at radius 3 is 1.25 bits per heavy atom. The number of rotatable bonds is 23. The van der Waals surface area contributed by atoms with Crippen molar-refractivity contribution in [2.45, 2.75) is 134 Å². The molecule has 0 bridgehead atoms. The van der Waals surface area contributed by atoms with Crippen LogP contribution >= 0.6 is 34.0 Å². The number of aliphatic imine (C=N–C) groups is 3. The molecular formula is C59H81N15O7S3. The molecule has 3 aromatic heterocycles. The first-order valence-corrected chi connectivity index (χ1v) is 31.3. The highest BCUT2D eigenvalue weighted by atomic mass is 32.1. The van der Waals surface area contributed by atoms with Crippen molar-refractivity contribution < 1.29 is 33.9 Å². The van der Waals surface area contributed by atoms with Gasteiger partial charge >= 0.3 is 5.97 Å². The molecule has 0 saturated heterocycles. The summed E-state index contributed by atoms with van der Waals surface area (Å²) in [5, 5.41) is 21.6. The minimum absolute atomic E-state index is 0.00775. The average molecular weight is 1210 g/mol. The largest absolute Gasteiger partial charge is 0.481 e. The molecular weight excluding hydrogens is 1130 g/mol. The smallest absolute Gasteiger partial charge is 0.306 e. The normalized spacial score (nSPS) is 15.8. The number of ketones is 3. The number of nitrogens with two attached hydrogens (primary N) is 5. The van der Waals surface area contributed by atoms with Gasteiger partial charge in [-0.05, 0) is 113 Å². The lowest BCUT2D eigenvalue weighted by molar-refractivity contribution is -0.141. The summed E-state index contributed by atoms with van der Waals surface area (Å²) in [5.74, 6) is -0.236. The number of aliphatic carboxylic acids is 1. The van der Waals surface area contributed by atoms with E-state index in [-0.39, 0.29) is 52.9 Å². The molecule has 3 aliphatic carbocycles. The van der Waals surface area contributed by atoms with E-state index in [1.807, 2.05) is 72.8 Å². The van der Waals surface area contributed by atoms with Crippen LogP contribution in [0.3, 0.4) is 0 Å². The second-order valence-corrected chi connectivity index (χ2v) is 24.0. The van der Waals surface area contributed by atoms with Gasteiger partial charge in [0.1, 0.15) is 0 Å². The number of hydrogen-bond acceptors (Lipinski definition) is 16. The van der Waals surface area contributed by atoms with Crippen LogP contribution in [0, 0.1) is 17.8 Å². The van der Waals surface area contributed by atoms with E-state index in [0.717, 1.165) is 114 Å². The monoisotopic (exact) mass is 1210 g/mol. The molecule has 3 aliphatic rings. The number of carbonyl (C=O) groups is 6. The zero-order chi connectivity index (χ0) is 60.4. The third-order valence-corrected chi connectivity index (χ3v) is 17.8. The number of carbonyl (C=O) groups excluding carboxylic acids is 5. The number of benzene rings is 3. The van der Waals surface area contributed by atoms with Crippen molar-refractivity contribution in [1.82, 2.24) is 36.2 Å². The SMILES string of the molecule is CN=C(N)NCCC[C@H](N)C(=O)c1nc2ccccc2s1.CN=C(N)NCCC[C@H](NC(=O)C1CCCC1)C(=O)c1nc2ccccc2s1.NC(N)=NCCC[C@H](NC(=O)C1CCCC1)C(=O)c1nc2ccccc2s1.O=C(O)C1CCCC1. The zero-order valence-electron chi connectivity index (χ0n) is 47.9. The molecule has 0 spiro atoms. The van der Waals surface area contributed by atoms with Gasteiger partial charge in [0.2, 0.25) is 29.2 Å². The van der Waals surface area contributed by atoms with Gasteiger partial charge in [-0.15, -0.1) is 34.0 Å². The first-order valence-electron chi connectivity index (χ1n) is 28.8. The molecule has 452 valence electrons. The van der Waals surface area contributed by atoms with Gasteiger partial charge in [-0.1, -0.05) is 74.9 Å². The van der Waals surface area contributed by atoms with E-state index >= 15 is 0 Å². The van der Waals surface area contributed by atoms with Crippen molar-refractivity contribution in [2.24, 2.45) is 61.4 Å². The van der Waals surface area contributed by atoms with Gasteiger partial charge in [0.05, 0.1) is 54.7 Å². The van der Waals surface area contributed by atoms with Crippen LogP contribution in [0.5, 0.6) is 0 Å². The van der Waals surface area contributed by atoms with Crippen molar-refractivity contribution >= 4 is 118 Å². The number of carboxylic acids is 1. The quantitative estimate of drug-likeness (QED) is 0.0133. The summed E-state index contributed by atoms with van der Waals surface area (Å²) in [4.78, 5) is 98.6. The fraction of sp³-hybridized carbons (Fsp3) is 0.492. The number of amides is 2. The maximum absolute atomic E-state index is 13.1. The molecule has 3 atom stereocenters. The number of nitrogens with one attached hydrogen (secondary N) is 4. The van der Waals surface area contributed by atoms with Crippen molar-refractivity contribution in [2.75, 3.05) is 33.7 Å². The second kappa shape index (κ2) is 34.3. The van der Waals surface area contributed by atoms with Crippen molar-refractivity contribution in [3.8, 4) is 0 Å². The summed E-state index contributed by atoms with van der Waals surface area (Å²) in [5.41, 5.74) is 30.3. The summed E-state index contributed by atoms with van der Waals surface area (Å²) in [6.07, 6.45) is 15.5. The molecule has 84 heavy (non-hydrogen) atoms. The number of thiazole rings is 3. The summed E-state index contributed by atoms with van der Waals surface area (Å²) >= 11 is 4.12. The van der Waals surface area contributed by atoms with E-state index in [9.17, 15) is 28.8 Å². The molecule has 9 rings (SSSR count). The minimum Gasteiger partial charge on any atom is -0.481 e. The Labute approximate surface area is 501 Å². The van der Waals surface area contributed by atoms with Crippen LogP contribution in [-0.4, -0.2) is 125 Å². The molecule has 15 N–H and O–H groups in total. The Morgan fingerprint density at radius 1 is 0.536 bits per heavy atom. The van der Waals surface area contributed by atoms with E-state index in [1.54, 1.807) is 14.1 Å². The Morgan fingerprint density at radius 2 is 0.893 bits per heavy atom. The van der Waals surface area contributed by atoms with E-state index in [1.165, 1.54) is 34.0 Å². The standard InChI is InChI=1S/C20H27N5O2S.C19H25N5O2S.C14H19N5OS.C6H10O2/c1-22-20(21)23-12-6-10-15(24-18(27)13-7-2-3-8-13)17(26)19-25-14-9-4-5-11-16(14)28-19;20-19(21)22-11-5-9-14(23-17(26)12-6-1-2-7-12)16(25)18-24-13-8-3-4-10-15(13)27-18;1-17-14(16)18-8-4-5-9(15)12(20)13-19-10-6-2-3-7-11(10)21-13;7-6(8)5-3-1-2-4-5/h4-5,9,11,13,15H,2-3,6-8,10,12H2,1H3,(H,24,27)(H3,21,22,23);3-4,8,10,12,14H,1-2,5-7,9,11H2,(H,23,26)(H4,20,21,22);2-3,6-7,9H,4-5,8,15H2,1H3,(H3,16,17,18);5H,1-4H2,(H,7,8)/t15-;14-;9-;/m000./s1. The number of hydrogen-bond donors (Lipinski definition) is 10. The van der Waals surface area contributed by atoms with E-state index in [2.05, 4.69) is 51.2 Å². The maximum Gasteiger partial charge on any atom is 0.306 e. The fourth-order valence-corrected chi connectivity index (χ4v) is 12.8. The Kier molecular flexibility index (Phi) is 26.8. The van der Waals surface area contributed by atoms with Gasteiger partial charge in [0, 0.05) is 45.6 Å². The van der Waals surface area contributed by atoms with Gasteiger partial charge in [-0.2, -0.15) is 0 Å². The van der Waals surface area contributed by atoms with Gasteiger partial charge in [-0.3, -0.25) is 43.7 Å². The van der Waals surface area contributed by atoms with Gasteiger partial charge in [0.15, 0.2) is 32.9 Å². The number of carboxylic acid groups (broad SMARTS) is 1. The third-order valence-electron chi connectivity index (χ3n) is 14.7. The predicted octanol–water partition coefficient (Wildman–Crippen LogP) is 7.06. The predicted molar refractivity (Wildman–Crippen MR) is 337 cm³/mol. The minimum atomic E-state index is -0.609. The lowest BCUT2D eigenvalue weighted by Gasteiger charge is -2.19. The molecule has 3 fully saturated rings. The van der Waals surface area contributed by atoms with Crippen LogP contribution in [0.2, 0.25) is 0 Å². The third kappa shape index (κ3) is 20.7. The molecule has 6 aromatic rings. The maximum atomic E-state index is 13.1. The van der Waals surface area contributed by atoms with Gasteiger partial charge in [-0.25, -0.2) is 15.0 Å². The Bertz CT molecular complexity index is 3110. The van der Waals surface area contributed by atoms with Crippen LogP contribution < -0.4 is 49.9 Å². The lowest BCUT2D eigenvalue weighted by atomic mass is 10.0. The molecule has 0 radical (unpaired) electrons. The molecule has 2 amide bonds. The highest BCUT2D eigenvalue weighted by Crippen LogP contribution is 2.29. The highest BCUT2D eigenvalue weighted by molar-refractivity contribution is 7.21. The molecule has 25 heteroatoms. The van der Waals surface area contributed by atoms with Crippen LogP contribution in [-0.2, 0) is 14.4 Å². The summed E-state index contributed by atoms with van der Waals surface area (Å²) in [6.45, 7) is 1.65. The van der Waals surface area contributed by atoms with E-state index in [4.69, 9.17) is 33.8 Å². The van der Waals surface area contributed by atoms with Crippen molar-refractivity contribution in [3.05, 3.63) is 87.8 Å². The molecule has 3 heterocycles. The summed E-state index contributed by atoms with van der Waals surface area (Å²) < 4.78 is 2.93. The van der Waals surface area contributed by atoms with E-state index < -0.39 is 24.1 Å². The molecule has 22 nitrogen and oxygen atoms in total. The number of aromatic nitrogens is 3. The van der Waals surface area contributed by atoms with Gasteiger partial charge in [0.25, 0.3) is 0 Å². The highest BCUT2D eigenvalue weighted by Gasteiger charge is 2.31. The zero-order valence-corrected chi connectivity index (χ0v) is 50.4.